The maximum Gasteiger partial charge on any atom is 0 e. The summed E-state index contributed by atoms with van der Waals surface area (Å²) in [6, 6.07) is 0. The van der Waals surface area contributed by atoms with Crippen molar-refractivity contribution in [1.29, 1.82) is 0 Å². The molecular formula is CdLi3. The Kier molecular flexibility index (Phi) is 128. The van der Waals surface area contributed by atoms with Crippen LogP contribution in [-0.4, -0.2) is 56.6 Å². The Labute approximate surface area is 82.5 Å². The van der Waals surface area contributed by atoms with Crippen LogP contribution in [0.15, 0.2) is 0 Å². The molecule has 4 heavy (non-hydrogen) atoms. The predicted molar refractivity (Wildman–Crippen MR) is 17.3 cm³/mol. The molecule has 0 N–H and O–H groups in total. The Balaban J connectivity index is 0. The van der Waals surface area contributed by atoms with Crippen molar-refractivity contribution in [2.45, 2.75) is 0 Å². The third-order valence-electron chi connectivity index (χ3n) is 0. The molecule has 0 atom stereocenters. The molecule has 3 radical (unpaired) electrons. The first-order valence-electron chi connectivity index (χ1n) is 0. The molecule has 0 aliphatic carbocycles. The molecule has 0 bridgehead atoms. The molecule has 5 valence electrons. The average Bonchev–Trinajstić information content (AvgIpc) is 0. The van der Waals surface area contributed by atoms with E-state index in [9.17, 15) is 0 Å². The van der Waals surface area contributed by atoms with Gasteiger partial charge in [-0.05, 0) is 0 Å². The van der Waals surface area contributed by atoms with E-state index in [1.807, 2.05) is 0 Å². The van der Waals surface area contributed by atoms with Gasteiger partial charge in [0.1, 0.15) is 0 Å². The fourth-order valence-corrected chi connectivity index (χ4v) is 0. The monoisotopic (exact) mass is 135 g/mol. The molecule has 0 saturated heterocycles. The molecule has 0 rings (SSSR count). The normalized spacial score (nSPS) is 0. The first-order valence-corrected chi connectivity index (χ1v) is 0. The molecule has 0 aromatic heterocycles. The summed E-state index contributed by atoms with van der Waals surface area (Å²) in [5, 5.41) is 0. The van der Waals surface area contributed by atoms with E-state index in [4.69, 9.17) is 0 Å². The van der Waals surface area contributed by atoms with Gasteiger partial charge in [-0.2, -0.15) is 0 Å². The summed E-state index contributed by atoms with van der Waals surface area (Å²) in [5.74, 6) is 0. The molecule has 0 aromatic carbocycles. The largest absolute Gasteiger partial charge is 0 e. The van der Waals surface area contributed by atoms with Crippen LogP contribution in [0.4, 0.5) is 0 Å². The van der Waals surface area contributed by atoms with Gasteiger partial charge in [-0.15, -0.1) is 0 Å². The molecule has 4 heteroatoms. The smallest absolute Gasteiger partial charge is 0 e. The summed E-state index contributed by atoms with van der Waals surface area (Å²) in [4.78, 5) is 0. The molecule has 0 aliphatic heterocycles. The van der Waals surface area contributed by atoms with Crippen LogP contribution in [-0.2, 0) is 27.3 Å². The fraction of sp³-hybridized carbons (Fsp3) is 0. The minimum Gasteiger partial charge on any atom is 0 e. The molecule has 0 aliphatic rings. The zero-order valence-electron chi connectivity index (χ0n) is 3.71. The molecule has 0 spiro atoms. The molecule has 0 nitrogen and oxygen atoms in total. The quantitative estimate of drug-likeness (QED) is 0.366. The fourth-order valence-electron chi connectivity index (χ4n) is 0. The summed E-state index contributed by atoms with van der Waals surface area (Å²) < 4.78 is 0. The number of hydrogen-bond donors (Lipinski definition) is 0. The zero-order valence-corrected chi connectivity index (χ0v) is 7.74. The van der Waals surface area contributed by atoms with Crippen molar-refractivity contribution in [3.63, 3.8) is 0 Å². The van der Waals surface area contributed by atoms with Gasteiger partial charge in [0.15, 0.2) is 0 Å². The maximum absolute atomic E-state index is 0. The molecule has 0 heterocycles. The van der Waals surface area contributed by atoms with E-state index in [2.05, 4.69) is 0 Å². The first kappa shape index (κ1) is 29.8. The van der Waals surface area contributed by atoms with Crippen LogP contribution in [0.2, 0.25) is 0 Å². The van der Waals surface area contributed by atoms with Crippen molar-refractivity contribution in [2.24, 2.45) is 0 Å². The van der Waals surface area contributed by atoms with Crippen molar-refractivity contribution in [3.05, 3.63) is 0 Å². The van der Waals surface area contributed by atoms with Gasteiger partial charge in [-0.3, -0.25) is 0 Å². The average molecular weight is 133 g/mol. The van der Waals surface area contributed by atoms with Crippen molar-refractivity contribution >= 4 is 56.6 Å². The van der Waals surface area contributed by atoms with Crippen LogP contribution < -0.4 is 0 Å². The van der Waals surface area contributed by atoms with Crippen LogP contribution in [0.25, 0.3) is 0 Å². The third-order valence-corrected chi connectivity index (χ3v) is 0. The number of hydrogen-bond acceptors (Lipinski definition) is 0. The molecule has 0 aromatic rings. The van der Waals surface area contributed by atoms with E-state index >= 15 is 0 Å². The minimum absolute atomic E-state index is 0. The van der Waals surface area contributed by atoms with E-state index in [0.717, 1.165) is 0 Å². The van der Waals surface area contributed by atoms with Gasteiger partial charge >= 0.3 is 0 Å². The van der Waals surface area contributed by atoms with E-state index in [-0.39, 0.29) is 83.9 Å². The third kappa shape index (κ3) is 8.83. The van der Waals surface area contributed by atoms with Gasteiger partial charge in [-0.1, -0.05) is 0 Å². The Hall–Kier alpha value is 2.71. The van der Waals surface area contributed by atoms with Gasteiger partial charge in [0.2, 0.25) is 0 Å². The van der Waals surface area contributed by atoms with Crippen molar-refractivity contribution < 1.29 is 27.3 Å². The van der Waals surface area contributed by atoms with Gasteiger partial charge < -0.3 is 0 Å². The molecule has 0 amide bonds. The Morgan fingerprint density at radius 1 is 0.500 bits per heavy atom. The van der Waals surface area contributed by atoms with Crippen molar-refractivity contribution in [1.82, 2.24) is 0 Å². The predicted octanol–water partition coefficient (Wildman–Crippen LogP) is -1.14. The minimum atomic E-state index is 0. The second kappa shape index (κ2) is 17.2. The Morgan fingerprint density at radius 2 is 0.500 bits per heavy atom. The number of rotatable bonds is 0. The second-order valence-electron chi connectivity index (χ2n) is 0. The molecule has 0 unspecified atom stereocenters. The summed E-state index contributed by atoms with van der Waals surface area (Å²) in [6.45, 7) is 0. The SMILES string of the molecule is [Cd].[Li].[Li].[Li]. The van der Waals surface area contributed by atoms with E-state index in [1.165, 1.54) is 0 Å². The van der Waals surface area contributed by atoms with Gasteiger partial charge in [0.05, 0.1) is 0 Å². The van der Waals surface area contributed by atoms with Gasteiger partial charge in [0, 0.05) is 83.9 Å². The topological polar surface area (TPSA) is 0 Å². The summed E-state index contributed by atoms with van der Waals surface area (Å²) in [5.41, 5.74) is 0. The van der Waals surface area contributed by atoms with Crippen LogP contribution in [0.5, 0.6) is 0 Å². The van der Waals surface area contributed by atoms with Crippen LogP contribution >= 0.6 is 0 Å². The van der Waals surface area contributed by atoms with Crippen molar-refractivity contribution in [2.75, 3.05) is 0 Å². The van der Waals surface area contributed by atoms with Gasteiger partial charge in [-0.25, -0.2) is 0 Å². The van der Waals surface area contributed by atoms with E-state index in [0.29, 0.717) is 0 Å². The van der Waals surface area contributed by atoms with E-state index < -0.39 is 0 Å². The molecule has 0 fully saturated rings. The Morgan fingerprint density at radius 3 is 0.500 bits per heavy atom. The maximum atomic E-state index is 0. The van der Waals surface area contributed by atoms with E-state index in [1.54, 1.807) is 0 Å². The first-order chi connectivity index (χ1) is 0. The van der Waals surface area contributed by atoms with Crippen LogP contribution in [0.1, 0.15) is 0 Å². The van der Waals surface area contributed by atoms with Gasteiger partial charge in [0.25, 0.3) is 0 Å². The van der Waals surface area contributed by atoms with Crippen LogP contribution in [0.3, 0.4) is 0 Å². The summed E-state index contributed by atoms with van der Waals surface area (Å²) >= 11 is 0. The molecular weight excluding hydrogens is 133 g/mol. The molecule has 0 saturated carbocycles. The Bertz CT molecular complexity index is 3.25. The standard InChI is InChI=1S/Cd.3Li. The summed E-state index contributed by atoms with van der Waals surface area (Å²) in [7, 11) is 0. The van der Waals surface area contributed by atoms with Crippen LogP contribution in [0, 0.1) is 0 Å². The summed E-state index contributed by atoms with van der Waals surface area (Å²) in [6.07, 6.45) is 0. The zero-order chi connectivity index (χ0) is 0. The van der Waals surface area contributed by atoms with Crippen molar-refractivity contribution in [3.8, 4) is 0 Å². The second-order valence-corrected chi connectivity index (χ2v) is 0.